The van der Waals surface area contributed by atoms with Gasteiger partial charge in [0.05, 0.1) is 11.5 Å². The van der Waals surface area contributed by atoms with Crippen molar-refractivity contribution < 1.29 is 22.7 Å². The van der Waals surface area contributed by atoms with Gasteiger partial charge in [0.1, 0.15) is 17.6 Å². The van der Waals surface area contributed by atoms with Gasteiger partial charge in [-0.1, -0.05) is 6.07 Å². The quantitative estimate of drug-likeness (QED) is 0.681. The lowest BCUT2D eigenvalue weighted by Gasteiger charge is -2.12. The van der Waals surface area contributed by atoms with Crippen molar-refractivity contribution in [2.45, 2.75) is 31.3 Å². The second-order valence-electron chi connectivity index (χ2n) is 7.20. The summed E-state index contributed by atoms with van der Waals surface area (Å²) >= 11 is 0. The molecule has 8 heteroatoms. The van der Waals surface area contributed by atoms with E-state index in [-0.39, 0.29) is 16.9 Å². The van der Waals surface area contributed by atoms with E-state index in [4.69, 9.17) is 9.47 Å². The molecule has 160 valence electrons. The molecule has 1 aliphatic rings. The first-order chi connectivity index (χ1) is 14.2. The molecule has 1 amide bonds. The number of sulfonamides is 1. The Morgan fingerprint density at radius 1 is 1.30 bits per heavy atom. The summed E-state index contributed by atoms with van der Waals surface area (Å²) in [6.45, 7) is 4.42. The van der Waals surface area contributed by atoms with Gasteiger partial charge in [-0.3, -0.25) is 4.79 Å². The van der Waals surface area contributed by atoms with Crippen LogP contribution in [0.3, 0.4) is 0 Å². The molecule has 1 aliphatic heterocycles. The number of carbonyl (C=O) groups excluding carboxylic acids is 1. The lowest BCUT2D eigenvalue weighted by atomic mass is 10.1. The van der Waals surface area contributed by atoms with Gasteiger partial charge in [-0.05, 0) is 50.3 Å². The molecule has 0 aliphatic carbocycles. The predicted octanol–water partition coefficient (Wildman–Crippen LogP) is 3.31. The number of rotatable bonds is 7. The Labute approximate surface area is 177 Å². The maximum absolute atomic E-state index is 12.4. The Morgan fingerprint density at radius 3 is 2.77 bits per heavy atom. The summed E-state index contributed by atoms with van der Waals surface area (Å²) < 4.78 is 37.2. The molecule has 7 nitrogen and oxygen atoms in total. The van der Waals surface area contributed by atoms with Crippen molar-refractivity contribution in [3.05, 3.63) is 53.6 Å². The van der Waals surface area contributed by atoms with Crippen LogP contribution in [-0.4, -0.2) is 45.4 Å². The van der Waals surface area contributed by atoms with Gasteiger partial charge in [0.25, 0.3) is 0 Å². The number of anilines is 1. The number of benzene rings is 2. The molecule has 0 saturated heterocycles. The summed E-state index contributed by atoms with van der Waals surface area (Å²) in [5.74, 6) is 1.11. The van der Waals surface area contributed by atoms with Crippen LogP contribution in [0.2, 0.25) is 0 Å². The number of hydrogen-bond donors (Lipinski definition) is 1. The molecule has 0 radical (unpaired) electrons. The molecular weight excluding hydrogens is 404 g/mol. The number of ether oxygens (including phenoxy) is 2. The first-order valence-electron chi connectivity index (χ1n) is 9.68. The van der Waals surface area contributed by atoms with E-state index in [2.05, 4.69) is 5.32 Å². The van der Waals surface area contributed by atoms with Gasteiger partial charge < -0.3 is 14.8 Å². The van der Waals surface area contributed by atoms with Crippen molar-refractivity contribution in [3.63, 3.8) is 0 Å². The summed E-state index contributed by atoms with van der Waals surface area (Å²) in [5.41, 5.74) is 2.22. The zero-order chi connectivity index (χ0) is 21.9. The van der Waals surface area contributed by atoms with Gasteiger partial charge in [-0.25, -0.2) is 12.7 Å². The van der Waals surface area contributed by atoms with E-state index in [1.807, 2.05) is 26.0 Å². The summed E-state index contributed by atoms with van der Waals surface area (Å²) in [6.07, 6.45) is 3.98. The zero-order valence-electron chi connectivity index (χ0n) is 17.5. The molecule has 1 N–H and O–H groups in total. The third-order valence-electron chi connectivity index (χ3n) is 4.62. The van der Waals surface area contributed by atoms with Crippen LogP contribution in [0.1, 0.15) is 25.0 Å². The van der Waals surface area contributed by atoms with Gasteiger partial charge in [-0.15, -0.1) is 0 Å². The zero-order valence-corrected chi connectivity index (χ0v) is 18.3. The number of amides is 1. The number of carbonyl (C=O) groups is 1. The topological polar surface area (TPSA) is 84.9 Å². The molecule has 1 unspecified atom stereocenters. The fourth-order valence-electron chi connectivity index (χ4n) is 3.16. The lowest BCUT2D eigenvalue weighted by molar-refractivity contribution is -0.111. The first kappa shape index (κ1) is 21.9. The monoisotopic (exact) mass is 430 g/mol. The highest BCUT2D eigenvalue weighted by Crippen LogP contribution is 2.35. The minimum atomic E-state index is -3.58. The summed E-state index contributed by atoms with van der Waals surface area (Å²) in [6, 6.07) is 9.96. The molecule has 30 heavy (non-hydrogen) atoms. The van der Waals surface area contributed by atoms with Crippen LogP contribution in [0.5, 0.6) is 11.5 Å². The number of nitrogens with one attached hydrogen (secondary N) is 1. The van der Waals surface area contributed by atoms with E-state index in [1.165, 1.54) is 32.3 Å². The van der Waals surface area contributed by atoms with E-state index in [9.17, 15) is 13.2 Å². The molecule has 0 bridgehead atoms. The Balaban J connectivity index is 1.78. The first-order valence-corrected chi connectivity index (χ1v) is 11.1. The summed E-state index contributed by atoms with van der Waals surface area (Å²) in [4.78, 5) is 12.5. The van der Waals surface area contributed by atoms with Crippen LogP contribution >= 0.6 is 0 Å². The highest BCUT2D eigenvalue weighted by molar-refractivity contribution is 7.89. The minimum Gasteiger partial charge on any atom is -0.493 e. The Bertz CT molecular complexity index is 1080. The van der Waals surface area contributed by atoms with E-state index in [0.717, 1.165) is 27.6 Å². The standard InChI is InChI=1S/C22H26N2O5S/c1-5-28-20-13-17-11-15(2)29-21(17)12-16(20)9-10-22(25)23-18-7-6-8-19(14-18)30(26,27)24(3)4/h6-10,12-15H,5,11H2,1-4H3,(H,23,25)/b10-9+. The van der Waals surface area contributed by atoms with Crippen LogP contribution in [0.25, 0.3) is 6.08 Å². The smallest absolute Gasteiger partial charge is 0.248 e. The maximum Gasteiger partial charge on any atom is 0.248 e. The molecule has 1 heterocycles. The fraction of sp³-hybridized carbons (Fsp3) is 0.318. The predicted molar refractivity (Wildman–Crippen MR) is 116 cm³/mol. The molecular formula is C22H26N2O5S. The van der Waals surface area contributed by atoms with Crippen molar-refractivity contribution in [2.75, 3.05) is 26.0 Å². The molecule has 1 atom stereocenters. The Morgan fingerprint density at radius 2 is 2.07 bits per heavy atom. The van der Waals surface area contributed by atoms with Crippen molar-refractivity contribution in [1.82, 2.24) is 4.31 Å². The number of hydrogen-bond acceptors (Lipinski definition) is 5. The normalized spacial score (nSPS) is 15.8. The molecule has 0 aromatic heterocycles. The molecule has 3 rings (SSSR count). The van der Waals surface area contributed by atoms with E-state index < -0.39 is 10.0 Å². The van der Waals surface area contributed by atoms with Crippen molar-refractivity contribution in [1.29, 1.82) is 0 Å². The van der Waals surface area contributed by atoms with E-state index in [1.54, 1.807) is 18.2 Å². The largest absolute Gasteiger partial charge is 0.493 e. The SMILES string of the molecule is CCOc1cc2c(cc1/C=C/C(=O)Nc1cccc(S(=O)(=O)N(C)C)c1)OC(C)C2. The highest BCUT2D eigenvalue weighted by atomic mass is 32.2. The molecule has 0 spiro atoms. The van der Waals surface area contributed by atoms with Crippen molar-refractivity contribution in [2.24, 2.45) is 0 Å². The third-order valence-corrected chi connectivity index (χ3v) is 6.43. The van der Waals surface area contributed by atoms with Crippen LogP contribution in [0.15, 0.2) is 47.4 Å². The Hall–Kier alpha value is -2.84. The van der Waals surface area contributed by atoms with Gasteiger partial charge in [-0.2, -0.15) is 0 Å². The van der Waals surface area contributed by atoms with Crippen LogP contribution in [0.4, 0.5) is 5.69 Å². The van der Waals surface area contributed by atoms with Crippen LogP contribution in [-0.2, 0) is 21.2 Å². The van der Waals surface area contributed by atoms with Gasteiger partial charge >= 0.3 is 0 Å². The molecule has 2 aromatic carbocycles. The van der Waals surface area contributed by atoms with Crippen LogP contribution < -0.4 is 14.8 Å². The second-order valence-corrected chi connectivity index (χ2v) is 9.35. The van der Waals surface area contributed by atoms with Gasteiger partial charge in [0, 0.05) is 43.4 Å². The van der Waals surface area contributed by atoms with Crippen molar-refractivity contribution >= 4 is 27.7 Å². The van der Waals surface area contributed by atoms with Crippen molar-refractivity contribution in [3.8, 4) is 11.5 Å². The molecule has 0 saturated carbocycles. The molecule has 0 fully saturated rings. The average Bonchev–Trinajstić information content (AvgIpc) is 3.05. The Kier molecular flexibility index (Phi) is 6.48. The minimum absolute atomic E-state index is 0.109. The fourth-order valence-corrected chi connectivity index (χ4v) is 4.11. The van der Waals surface area contributed by atoms with Gasteiger partial charge in [0.2, 0.25) is 15.9 Å². The summed E-state index contributed by atoms with van der Waals surface area (Å²) in [5, 5.41) is 2.69. The van der Waals surface area contributed by atoms with Crippen LogP contribution in [0, 0.1) is 0 Å². The highest BCUT2D eigenvalue weighted by Gasteiger charge is 2.21. The summed E-state index contributed by atoms with van der Waals surface area (Å²) in [7, 11) is -0.662. The number of nitrogens with zero attached hydrogens (tertiary/aromatic N) is 1. The third kappa shape index (κ3) is 4.83. The maximum atomic E-state index is 12.4. The second kappa shape index (κ2) is 8.89. The number of fused-ring (bicyclic) bond motifs is 1. The average molecular weight is 431 g/mol. The van der Waals surface area contributed by atoms with Gasteiger partial charge in [0.15, 0.2) is 0 Å². The van der Waals surface area contributed by atoms with E-state index in [0.29, 0.717) is 18.0 Å². The molecule has 2 aromatic rings. The van der Waals surface area contributed by atoms with E-state index >= 15 is 0 Å². The lowest BCUT2D eigenvalue weighted by Crippen LogP contribution is -2.22.